The summed E-state index contributed by atoms with van der Waals surface area (Å²) in [5, 5.41) is 10.2. The van der Waals surface area contributed by atoms with E-state index >= 15 is 0 Å². The molecule has 4 nitrogen and oxygen atoms in total. The lowest BCUT2D eigenvalue weighted by Gasteiger charge is -1.98. The number of nitrogens with zero attached hydrogens (tertiary/aromatic N) is 2. The first-order valence-corrected chi connectivity index (χ1v) is 6.99. The van der Waals surface area contributed by atoms with Crippen LogP contribution in [0.1, 0.15) is 21.6 Å². The topological polar surface area (TPSA) is 54.6 Å². The second-order valence-corrected chi connectivity index (χ2v) is 5.19. The van der Waals surface area contributed by atoms with E-state index in [0.29, 0.717) is 5.69 Å². The third-order valence-electron chi connectivity index (χ3n) is 3.88. The first kappa shape index (κ1) is 14.1. The molecular formula is C18H16N2O2. The normalized spacial score (nSPS) is 11.4. The van der Waals surface area contributed by atoms with Gasteiger partial charge in [0.15, 0.2) is 0 Å². The molecule has 0 aliphatic heterocycles. The monoisotopic (exact) mass is 292 g/mol. The number of carbonyl (C=O) groups is 1. The number of hydrogen-bond donors (Lipinski definition) is 1. The first-order valence-electron chi connectivity index (χ1n) is 6.99. The molecule has 3 aromatic rings. The summed E-state index contributed by atoms with van der Waals surface area (Å²) in [6.45, 7) is 2.05. The van der Waals surface area contributed by atoms with Crippen LogP contribution >= 0.6 is 0 Å². The van der Waals surface area contributed by atoms with Gasteiger partial charge < -0.3 is 9.67 Å². The summed E-state index contributed by atoms with van der Waals surface area (Å²) < 4.78 is 2.13. The van der Waals surface area contributed by atoms with Crippen molar-refractivity contribution in [3.63, 3.8) is 0 Å². The fourth-order valence-corrected chi connectivity index (χ4v) is 2.57. The Morgan fingerprint density at radius 1 is 1.18 bits per heavy atom. The van der Waals surface area contributed by atoms with Crippen molar-refractivity contribution >= 4 is 28.8 Å². The van der Waals surface area contributed by atoms with Crippen molar-refractivity contribution < 1.29 is 9.90 Å². The molecule has 3 rings (SSSR count). The van der Waals surface area contributed by atoms with Crippen LogP contribution in [0.15, 0.2) is 53.5 Å². The molecule has 0 bridgehead atoms. The van der Waals surface area contributed by atoms with Gasteiger partial charge in [0.05, 0.1) is 11.3 Å². The number of aliphatic imine (C=N–C) groups is 1. The molecule has 110 valence electrons. The highest BCUT2D eigenvalue weighted by atomic mass is 16.4. The van der Waals surface area contributed by atoms with Crippen LogP contribution in [0.3, 0.4) is 0 Å². The Hall–Kier alpha value is -2.88. The van der Waals surface area contributed by atoms with Gasteiger partial charge in [-0.25, -0.2) is 4.79 Å². The number of para-hydroxylation sites is 1. The number of hydrogen-bond acceptors (Lipinski definition) is 2. The van der Waals surface area contributed by atoms with Gasteiger partial charge in [-0.1, -0.05) is 24.3 Å². The number of aromatic nitrogens is 1. The van der Waals surface area contributed by atoms with Crippen molar-refractivity contribution in [2.75, 3.05) is 0 Å². The SMILES string of the molecule is Cc1c(C=Nc2cccc(C(=O)O)c2)c2ccccc2n1C. The zero-order chi connectivity index (χ0) is 15.7. The third-order valence-corrected chi connectivity index (χ3v) is 3.88. The van der Waals surface area contributed by atoms with Crippen LogP contribution in [0, 0.1) is 6.92 Å². The van der Waals surface area contributed by atoms with E-state index in [-0.39, 0.29) is 5.56 Å². The maximum atomic E-state index is 11.0. The van der Waals surface area contributed by atoms with Gasteiger partial charge in [0.1, 0.15) is 0 Å². The lowest BCUT2D eigenvalue weighted by atomic mass is 10.1. The highest BCUT2D eigenvalue weighted by Crippen LogP contribution is 2.24. The van der Waals surface area contributed by atoms with E-state index in [1.165, 1.54) is 0 Å². The molecule has 0 aliphatic rings. The summed E-state index contributed by atoms with van der Waals surface area (Å²) in [6.07, 6.45) is 1.80. The predicted molar refractivity (Wildman–Crippen MR) is 88.3 cm³/mol. The van der Waals surface area contributed by atoms with Gasteiger partial charge in [-0.15, -0.1) is 0 Å². The van der Waals surface area contributed by atoms with Gasteiger partial charge in [0, 0.05) is 35.4 Å². The van der Waals surface area contributed by atoms with Crippen LogP contribution in [0.25, 0.3) is 10.9 Å². The van der Waals surface area contributed by atoms with Crippen LogP contribution in [0.2, 0.25) is 0 Å². The van der Waals surface area contributed by atoms with E-state index in [1.807, 2.05) is 19.2 Å². The summed E-state index contributed by atoms with van der Waals surface area (Å²) in [5.41, 5.74) is 4.20. The summed E-state index contributed by atoms with van der Waals surface area (Å²) in [5.74, 6) is -0.946. The molecule has 1 N–H and O–H groups in total. The van der Waals surface area contributed by atoms with Crippen molar-refractivity contribution in [3.8, 4) is 0 Å². The lowest BCUT2D eigenvalue weighted by molar-refractivity contribution is 0.0697. The Morgan fingerprint density at radius 2 is 1.95 bits per heavy atom. The molecule has 1 aromatic heterocycles. The van der Waals surface area contributed by atoms with Gasteiger partial charge in [0.2, 0.25) is 0 Å². The molecule has 2 aromatic carbocycles. The van der Waals surface area contributed by atoms with E-state index < -0.39 is 5.97 Å². The van der Waals surface area contributed by atoms with Gasteiger partial charge in [0.25, 0.3) is 0 Å². The highest BCUT2D eigenvalue weighted by molar-refractivity contribution is 6.01. The first-order chi connectivity index (χ1) is 10.6. The van der Waals surface area contributed by atoms with Crippen molar-refractivity contribution in [3.05, 3.63) is 65.4 Å². The van der Waals surface area contributed by atoms with Crippen molar-refractivity contribution in [2.45, 2.75) is 6.92 Å². The molecular weight excluding hydrogens is 276 g/mol. The number of carboxylic acids is 1. The van der Waals surface area contributed by atoms with Crippen LogP contribution in [0.4, 0.5) is 5.69 Å². The van der Waals surface area contributed by atoms with Gasteiger partial charge in [-0.3, -0.25) is 4.99 Å². The molecule has 4 heteroatoms. The Labute approximate surface area is 128 Å². The van der Waals surface area contributed by atoms with E-state index in [4.69, 9.17) is 5.11 Å². The fourth-order valence-electron chi connectivity index (χ4n) is 2.57. The minimum absolute atomic E-state index is 0.240. The number of benzene rings is 2. The summed E-state index contributed by atoms with van der Waals surface area (Å²) >= 11 is 0. The molecule has 0 amide bonds. The quantitative estimate of drug-likeness (QED) is 0.743. The second kappa shape index (κ2) is 5.48. The number of carboxylic acid groups (broad SMARTS) is 1. The number of aromatic carboxylic acids is 1. The molecule has 0 fully saturated rings. The van der Waals surface area contributed by atoms with Crippen LogP contribution in [-0.4, -0.2) is 21.9 Å². The Balaban J connectivity index is 2.05. The molecule has 0 saturated heterocycles. The minimum atomic E-state index is -0.946. The van der Waals surface area contributed by atoms with Crippen molar-refractivity contribution in [1.82, 2.24) is 4.57 Å². The van der Waals surface area contributed by atoms with Gasteiger partial charge in [-0.2, -0.15) is 0 Å². The summed E-state index contributed by atoms with van der Waals surface area (Å²) in [7, 11) is 2.03. The molecule has 0 spiro atoms. The summed E-state index contributed by atoms with van der Waals surface area (Å²) in [4.78, 5) is 15.4. The Bertz CT molecular complexity index is 891. The smallest absolute Gasteiger partial charge is 0.335 e. The van der Waals surface area contributed by atoms with Crippen LogP contribution in [0.5, 0.6) is 0 Å². The molecule has 0 radical (unpaired) electrons. The van der Waals surface area contributed by atoms with Gasteiger partial charge in [-0.05, 0) is 31.2 Å². The summed E-state index contributed by atoms with van der Waals surface area (Å²) in [6, 6.07) is 14.8. The van der Waals surface area contributed by atoms with Crippen LogP contribution < -0.4 is 0 Å². The average molecular weight is 292 g/mol. The molecule has 0 unspecified atom stereocenters. The fraction of sp³-hybridized carbons (Fsp3) is 0.111. The number of aryl methyl sites for hydroxylation is 1. The maximum Gasteiger partial charge on any atom is 0.335 e. The van der Waals surface area contributed by atoms with E-state index in [2.05, 4.69) is 28.6 Å². The predicted octanol–water partition coefficient (Wildman–Crippen LogP) is 3.94. The Morgan fingerprint density at radius 3 is 2.73 bits per heavy atom. The molecule has 1 heterocycles. The standard InChI is InChI=1S/C18H16N2O2/c1-12-16(15-8-3-4-9-17(15)20(12)2)11-19-14-7-5-6-13(10-14)18(21)22/h3-11H,1-2H3,(H,21,22). The molecule has 0 aliphatic carbocycles. The minimum Gasteiger partial charge on any atom is -0.478 e. The zero-order valence-electron chi connectivity index (χ0n) is 12.4. The largest absolute Gasteiger partial charge is 0.478 e. The number of rotatable bonds is 3. The molecule has 0 atom stereocenters. The molecule has 22 heavy (non-hydrogen) atoms. The zero-order valence-corrected chi connectivity index (χ0v) is 12.4. The van der Waals surface area contributed by atoms with E-state index in [9.17, 15) is 4.79 Å². The van der Waals surface area contributed by atoms with E-state index in [1.54, 1.807) is 30.5 Å². The third kappa shape index (κ3) is 2.39. The Kier molecular flexibility index (Phi) is 3.51. The maximum absolute atomic E-state index is 11.0. The average Bonchev–Trinajstić information content (AvgIpc) is 2.78. The highest BCUT2D eigenvalue weighted by Gasteiger charge is 2.09. The van der Waals surface area contributed by atoms with Crippen LogP contribution in [-0.2, 0) is 7.05 Å². The van der Waals surface area contributed by atoms with Crippen molar-refractivity contribution in [2.24, 2.45) is 12.0 Å². The van der Waals surface area contributed by atoms with Gasteiger partial charge >= 0.3 is 5.97 Å². The van der Waals surface area contributed by atoms with Crippen molar-refractivity contribution in [1.29, 1.82) is 0 Å². The lowest BCUT2D eigenvalue weighted by Crippen LogP contribution is -1.94. The second-order valence-electron chi connectivity index (χ2n) is 5.19. The van der Waals surface area contributed by atoms with E-state index in [0.717, 1.165) is 22.2 Å². The number of fused-ring (bicyclic) bond motifs is 1. The molecule has 0 saturated carbocycles.